The van der Waals surface area contributed by atoms with Crippen LogP contribution in [0.5, 0.6) is 0 Å². The van der Waals surface area contributed by atoms with Gasteiger partial charge in [-0.25, -0.2) is 9.99 Å². The number of nitrogens with zero attached hydrogens (tertiary/aromatic N) is 3. The highest BCUT2D eigenvalue weighted by Gasteiger charge is 2.26. The topological polar surface area (TPSA) is 112 Å². The molecule has 8 heteroatoms. The van der Waals surface area contributed by atoms with Gasteiger partial charge in [-0.2, -0.15) is 0 Å². The first kappa shape index (κ1) is 26.4. The molecule has 1 unspecified atom stereocenters. The number of aromatic nitrogens is 2. The summed E-state index contributed by atoms with van der Waals surface area (Å²) in [5.41, 5.74) is 13.2. The Morgan fingerprint density at radius 2 is 1.84 bits per heavy atom. The van der Waals surface area contributed by atoms with Crippen LogP contribution in [0.3, 0.4) is 0 Å². The number of hydrazine groups is 1. The molecule has 0 spiro atoms. The number of hydrogen-bond acceptors (Lipinski definition) is 5. The summed E-state index contributed by atoms with van der Waals surface area (Å²) in [7, 11) is 2.03. The molecule has 38 heavy (non-hydrogen) atoms. The lowest BCUT2D eigenvalue weighted by atomic mass is 9.85. The van der Waals surface area contributed by atoms with Crippen LogP contribution in [0, 0.1) is 11.3 Å². The number of benzene rings is 2. The fourth-order valence-corrected chi connectivity index (χ4v) is 5.99. The number of nitrogen functional groups attached to an aromatic ring is 1. The summed E-state index contributed by atoms with van der Waals surface area (Å²) >= 11 is 0. The Balaban J connectivity index is 1.21. The minimum atomic E-state index is -0.0609. The molecule has 5 rings (SSSR count). The number of carbonyl (C=O) groups excluding carboxylic acids is 1. The summed E-state index contributed by atoms with van der Waals surface area (Å²) < 4.78 is 2.11. The molecule has 3 aromatic rings. The van der Waals surface area contributed by atoms with Gasteiger partial charge in [-0.3, -0.25) is 15.6 Å². The second kappa shape index (κ2) is 12.1. The van der Waals surface area contributed by atoms with Crippen LogP contribution in [0.15, 0.2) is 42.5 Å². The molecule has 2 aromatic carbocycles. The normalized spacial score (nSPS) is 19.0. The first-order chi connectivity index (χ1) is 18.5. The molecule has 1 atom stereocenters. The second-order valence-corrected chi connectivity index (χ2v) is 11.0. The number of amidine groups is 1. The summed E-state index contributed by atoms with van der Waals surface area (Å²) in [6, 6.07) is 14.0. The fraction of sp³-hybridized carbons (Fsp3) is 0.500. The van der Waals surface area contributed by atoms with E-state index in [9.17, 15) is 4.79 Å². The van der Waals surface area contributed by atoms with Crippen molar-refractivity contribution in [1.29, 1.82) is 5.41 Å². The van der Waals surface area contributed by atoms with Crippen molar-refractivity contribution < 1.29 is 4.79 Å². The Kier molecular flexibility index (Phi) is 8.39. The summed E-state index contributed by atoms with van der Waals surface area (Å²) in [5, 5.41) is 13.2. The quantitative estimate of drug-likeness (QED) is 0.255. The molecule has 1 aliphatic carbocycles. The molecule has 202 valence electrons. The van der Waals surface area contributed by atoms with Gasteiger partial charge < -0.3 is 15.6 Å². The molecule has 1 saturated carbocycles. The van der Waals surface area contributed by atoms with E-state index >= 15 is 0 Å². The zero-order chi connectivity index (χ0) is 26.5. The zero-order valence-corrected chi connectivity index (χ0v) is 22.5. The van der Waals surface area contributed by atoms with Crippen molar-refractivity contribution in [1.82, 2.24) is 25.3 Å². The minimum absolute atomic E-state index is 0.0609. The number of amides is 1. The molecule has 8 nitrogen and oxygen atoms in total. The van der Waals surface area contributed by atoms with Gasteiger partial charge in [0.2, 0.25) is 0 Å². The van der Waals surface area contributed by atoms with Crippen LogP contribution in [0.4, 0.5) is 0 Å². The molecular formula is C30H41N7O. The molecule has 0 radical (unpaired) electrons. The summed E-state index contributed by atoms with van der Waals surface area (Å²) in [6.07, 6.45) is 10.9. The van der Waals surface area contributed by atoms with Crippen molar-refractivity contribution in [3.8, 4) is 0 Å². The summed E-state index contributed by atoms with van der Waals surface area (Å²) in [6.45, 7) is 2.64. The first-order valence-corrected chi connectivity index (χ1v) is 14.1. The zero-order valence-electron chi connectivity index (χ0n) is 22.5. The average Bonchev–Trinajstić information content (AvgIpc) is 3.26. The van der Waals surface area contributed by atoms with Gasteiger partial charge in [0, 0.05) is 50.3 Å². The second-order valence-electron chi connectivity index (χ2n) is 11.0. The number of hydrogen-bond donors (Lipinski definition) is 4. The Hall–Kier alpha value is -3.23. The van der Waals surface area contributed by atoms with Crippen molar-refractivity contribution in [2.24, 2.45) is 18.7 Å². The van der Waals surface area contributed by atoms with Crippen molar-refractivity contribution >= 4 is 22.8 Å². The van der Waals surface area contributed by atoms with Gasteiger partial charge in [0.05, 0.1) is 11.0 Å². The van der Waals surface area contributed by atoms with E-state index in [1.54, 1.807) is 0 Å². The predicted molar refractivity (Wildman–Crippen MR) is 152 cm³/mol. The molecular weight excluding hydrogens is 474 g/mol. The van der Waals surface area contributed by atoms with E-state index in [0.29, 0.717) is 11.6 Å². The summed E-state index contributed by atoms with van der Waals surface area (Å²) in [5.74, 6) is 1.86. The van der Waals surface area contributed by atoms with E-state index in [0.717, 1.165) is 67.2 Å². The monoisotopic (exact) mass is 515 g/mol. The molecule has 1 aliphatic heterocycles. The lowest BCUT2D eigenvalue weighted by Crippen LogP contribution is -2.58. The van der Waals surface area contributed by atoms with Crippen LogP contribution in [0.1, 0.15) is 72.3 Å². The van der Waals surface area contributed by atoms with Crippen LogP contribution in [0.2, 0.25) is 0 Å². The molecule has 1 aromatic heterocycles. The van der Waals surface area contributed by atoms with Crippen molar-refractivity contribution in [2.45, 2.75) is 63.8 Å². The number of nitrogens with one attached hydrogen (secondary N) is 3. The fourth-order valence-electron chi connectivity index (χ4n) is 5.99. The highest BCUT2D eigenvalue weighted by molar-refractivity contribution is 5.97. The van der Waals surface area contributed by atoms with Gasteiger partial charge in [0.1, 0.15) is 11.7 Å². The number of aryl methyl sites for hydroxylation is 3. The predicted octanol–water partition coefficient (Wildman–Crippen LogP) is 3.92. The van der Waals surface area contributed by atoms with Crippen LogP contribution in [0.25, 0.3) is 11.0 Å². The standard InChI is InChI=1S/C30H41N7O/c1-36-27-15-13-24(19-26(27)34-28(36)16-10-22-7-11-23(12-8-22)29(31)32)30(38)35-37-18-17-33-20-25(37)14-9-21-5-3-2-4-6-21/h7-8,11-13,15,19,21,25,33H,2-6,9-10,14,16-18,20H2,1H3,(H3,31,32)(H,35,38). The maximum absolute atomic E-state index is 13.3. The third-order valence-corrected chi connectivity index (χ3v) is 8.37. The molecule has 5 N–H and O–H groups in total. The lowest BCUT2D eigenvalue weighted by Gasteiger charge is -2.37. The molecule has 1 saturated heterocycles. The highest BCUT2D eigenvalue weighted by Crippen LogP contribution is 2.28. The van der Waals surface area contributed by atoms with Crippen LogP contribution in [-0.4, -0.2) is 52.0 Å². The van der Waals surface area contributed by atoms with Crippen molar-refractivity contribution in [2.75, 3.05) is 19.6 Å². The average molecular weight is 516 g/mol. The van der Waals surface area contributed by atoms with Crippen LogP contribution >= 0.6 is 0 Å². The Labute approximate surface area is 225 Å². The molecule has 2 aliphatic rings. The third kappa shape index (κ3) is 6.25. The van der Waals surface area contributed by atoms with E-state index in [-0.39, 0.29) is 11.7 Å². The SMILES string of the molecule is Cn1c(CCc2ccc(C(=N)N)cc2)nc2cc(C(=O)NN3CCNCC3CCC3CCCCC3)ccc21. The van der Waals surface area contributed by atoms with Gasteiger partial charge in [0.15, 0.2) is 0 Å². The van der Waals surface area contributed by atoms with Gasteiger partial charge in [0.25, 0.3) is 5.91 Å². The smallest absolute Gasteiger partial charge is 0.265 e. The number of rotatable bonds is 9. The lowest BCUT2D eigenvalue weighted by molar-refractivity contribution is 0.0576. The Morgan fingerprint density at radius 3 is 2.61 bits per heavy atom. The van der Waals surface area contributed by atoms with Crippen molar-refractivity contribution in [3.63, 3.8) is 0 Å². The van der Waals surface area contributed by atoms with E-state index < -0.39 is 0 Å². The maximum atomic E-state index is 13.3. The van der Waals surface area contributed by atoms with Crippen molar-refractivity contribution in [3.05, 3.63) is 65.0 Å². The number of imidazole rings is 1. The number of nitrogens with two attached hydrogens (primary N) is 1. The minimum Gasteiger partial charge on any atom is -0.384 e. The largest absolute Gasteiger partial charge is 0.384 e. The van der Waals surface area contributed by atoms with Gasteiger partial charge >= 0.3 is 0 Å². The molecule has 0 bridgehead atoms. The van der Waals surface area contributed by atoms with Crippen LogP contribution in [-0.2, 0) is 19.9 Å². The number of piperazine rings is 1. The first-order valence-electron chi connectivity index (χ1n) is 14.1. The number of carbonyl (C=O) groups is 1. The van der Waals surface area contributed by atoms with E-state index in [4.69, 9.17) is 16.1 Å². The van der Waals surface area contributed by atoms with E-state index in [1.165, 1.54) is 44.1 Å². The van der Waals surface area contributed by atoms with Gasteiger partial charge in [-0.05, 0) is 48.9 Å². The maximum Gasteiger partial charge on any atom is 0.265 e. The number of fused-ring (bicyclic) bond motifs is 1. The van der Waals surface area contributed by atoms with Gasteiger partial charge in [-0.15, -0.1) is 0 Å². The highest BCUT2D eigenvalue weighted by atomic mass is 16.2. The van der Waals surface area contributed by atoms with Crippen LogP contribution < -0.4 is 16.5 Å². The van der Waals surface area contributed by atoms with Gasteiger partial charge in [-0.1, -0.05) is 56.4 Å². The summed E-state index contributed by atoms with van der Waals surface area (Å²) in [4.78, 5) is 18.1. The Bertz CT molecular complexity index is 1260. The van der Waals surface area contributed by atoms with E-state index in [2.05, 4.69) is 20.3 Å². The Morgan fingerprint density at radius 1 is 1.08 bits per heavy atom. The molecule has 2 fully saturated rings. The third-order valence-electron chi connectivity index (χ3n) is 8.37. The van der Waals surface area contributed by atoms with E-state index in [1.807, 2.05) is 49.5 Å². The molecule has 1 amide bonds. The molecule has 2 heterocycles.